The van der Waals surface area contributed by atoms with E-state index >= 15 is 0 Å². The summed E-state index contributed by atoms with van der Waals surface area (Å²) in [6.45, 7) is 5.66. The van der Waals surface area contributed by atoms with Crippen LogP contribution in [0.25, 0.3) is 0 Å². The van der Waals surface area contributed by atoms with Crippen LogP contribution in [0.15, 0.2) is 24.3 Å². The molecular weight excluding hydrogens is 258 g/mol. The van der Waals surface area contributed by atoms with Crippen molar-refractivity contribution in [2.75, 3.05) is 13.1 Å². The lowest BCUT2D eigenvalue weighted by molar-refractivity contribution is -0.137. The Hall–Kier alpha value is -1.02. The number of likely N-dealkylation sites (N-methyl/N-ethyl adjacent to an activating group) is 1. The highest BCUT2D eigenvalue weighted by molar-refractivity contribution is 6.30. The van der Waals surface area contributed by atoms with Crippen LogP contribution in [-0.2, 0) is 10.2 Å². The zero-order chi connectivity index (χ0) is 13.9. The van der Waals surface area contributed by atoms with E-state index in [0.29, 0.717) is 0 Å². The summed E-state index contributed by atoms with van der Waals surface area (Å²) >= 11 is 5.97. The minimum Gasteiger partial charge on any atom is -0.342 e. The summed E-state index contributed by atoms with van der Waals surface area (Å²) in [6.07, 6.45) is 4.19. The van der Waals surface area contributed by atoms with Crippen LogP contribution >= 0.6 is 11.6 Å². The number of carbonyl (C=O) groups is 1. The van der Waals surface area contributed by atoms with E-state index in [0.717, 1.165) is 49.4 Å². The van der Waals surface area contributed by atoms with Crippen LogP contribution < -0.4 is 0 Å². The van der Waals surface area contributed by atoms with Gasteiger partial charge in [0.2, 0.25) is 5.91 Å². The topological polar surface area (TPSA) is 20.3 Å². The van der Waals surface area contributed by atoms with Crippen molar-refractivity contribution in [3.63, 3.8) is 0 Å². The molecule has 19 heavy (non-hydrogen) atoms. The number of benzene rings is 1. The molecule has 0 spiro atoms. The average molecular weight is 280 g/mol. The van der Waals surface area contributed by atoms with E-state index in [1.807, 2.05) is 43.0 Å². The highest BCUT2D eigenvalue weighted by atomic mass is 35.5. The lowest BCUT2D eigenvalue weighted by Gasteiger charge is -2.34. The predicted octanol–water partition coefficient (Wildman–Crippen LogP) is 4.02. The molecule has 2 nitrogen and oxygen atoms in total. The molecular formula is C16H22ClNO. The van der Waals surface area contributed by atoms with Gasteiger partial charge in [0.15, 0.2) is 0 Å². The molecule has 1 aromatic carbocycles. The highest BCUT2D eigenvalue weighted by Crippen LogP contribution is 2.42. The van der Waals surface area contributed by atoms with Gasteiger partial charge in [-0.3, -0.25) is 4.79 Å². The molecule has 0 aliphatic heterocycles. The lowest BCUT2D eigenvalue weighted by atomic mass is 9.77. The van der Waals surface area contributed by atoms with E-state index in [1.165, 1.54) is 0 Å². The molecule has 0 saturated heterocycles. The van der Waals surface area contributed by atoms with Gasteiger partial charge < -0.3 is 4.90 Å². The summed E-state index contributed by atoms with van der Waals surface area (Å²) < 4.78 is 0. The summed E-state index contributed by atoms with van der Waals surface area (Å²) in [6, 6.07) is 7.84. The van der Waals surface area contributed by atoms with Crippen LogP contribution in [0.3, 0.4) is 0 Å². The first kappa shape index (κ1) is 14.4. The molecule has 3 heteroatoms. The first-order chi connectivity index (χ1) is 9.14. The summed E-state index contributed by atoms with van der Waals surface area (Å²) in [5.41, 5.74) is 0.822. The van der Waals surface area contributed by atoms with Gasteiger partial charge in [-0.15, -0.1) is 0 Å². The Bertz CT molecular complexity index is 431. The van der Waals surface area contributed by atoms with Gasteiger partial charge in [0.25, 0.3) is 0 Å². The standard InChI is InChI=1S/C16H22ClNO/c1-3-18(4-2)15(19)16(11-5-6-12-16)13-7-9-14(17)10-8-13/h7-10H,3-6,11-12H2,1-2H3. The second-order valence-electron chi connectivity index (χ2n) is 5.27. The van der Waals surface area contributed by atoms with Gasteiger partial charge in [-0.2, -0.15) is 0 Å². The van der Waals surface area contributed by atoms with E-state index < -0.39 is 0 Å². The Morgan fingerprint density at radius 1 is 1.16 bits per heavy atom. The molecule has 0 aromatic heterocycles. The number of amides is 1. The Morgan fingerprint density at radius 2 is 1.68 bits per heavy atom. The normalized spacial score (nSPS) is 17.4. The van der Waals surface area contributed by atoms with Crippen LogP contribution in [-0.4, -0.2) is 23.9 Å². The first-order valence-electron chi connectivity index (χ1n) is 7.19. The van der Waals surface area contributed by atoms with E-state index in [-0.39, 0.29) is 11.3 Å². The van der Waals surface area contributed by atoms with Gasteiger partial charge >= 0.3 is 0 Å². The molecule has 1 aliphatic rings. The zero-order valence-corrected chi connectivity index (χ0v) is 12.5. The second kappa shape index (κ2) is 5.96. The number of hydrogen-bond acceptors (Lipinski definition) is 1. The molecule has 1 saturated carbocycles. The summed E-state index contributed by atoms with van der Waals surface area (Å²) in [7, 11) is 0. The van der Waals surface area contributed by atoms with Crippen molar-refractivity contribution in [3.8, 4) is 0 Å². The number of rotatable bonds is 4. The molecule has 1 fully saturated rings. The first-order valence-corrected chi connectivity index (χ1v) is 7.57. The van der Waals surface area contributed by atoms with E-state index in [9.17, 15) is 4.79 Å². The summed E-state index contributed by atoms with van der Waals surface area (Å²) in [5.74, 6) is 0.289. The fourth-order valence-electron chi connectivity index (χ4n) is 3.19. The predicted molar refractivity (Wildman–Crippen MR) is 79.5 cm³/mol. The van der Waals surface area contributed by atoms with Crippen LogP contribution in [0.5, 0.6) is 0 Å². The summed E-state index contributed by atoms with van der Waals surface area (Å²) in [4.78, 5) is 14.9. The smallest absolute Gasteiger partial charge is 0.233 e. The maximum atomic E-state index is 12.9. The molecule has 104 valence electrons. The van der Waals surface area contributed by atoms with Gasteiger partial charge in [0.05, 0.1) is 5.41 Å². The third-order valence-electron chi connectivity index (χ3n) is 4.31. The Kier molecular flexibility index (Phi) is 4.51. The van der Waals surface area contributed by atoms with Crippen molar-refractivity contribution >= 4 is 17.5 Å². The molecule has 2 rings (SSSR count). The Balaban J connectivity index is 2.37. The maximum absolute atomic E-state index is 12.9. The van der Waals surface area contributed by atoms with Gasteiger partial charge in [0, 0.05) is 18.1 Å². The quantitative estimate of drug-likeness (QED) is 0.815. The minimum absolute atomic E-state index is 0.289. The molecule has 0 radical (unpaired) electrons. The van der Waals surface area contributed by atoms with E-state index in [4.69, 9.17) is 11.6 Å². The average Bonchev–Trinajstić information content (AvgIpc) is 2.91. The molecule has 0 bridgehead atoms. The van der Waals surface area contributed by atoms with Gasteiger partial charge in [-0.25, -0.2) is 0 Å². The van der Waals surface area contributed by atoms with Gasteiger partial charge in [-0.1, -0.05) is 36.6 Å². The number of hydrogen-bond donors (Lipinski definition) is 0. The SMILES string of the molecule is CCN(CC)C(=O)C1(c2ccc(Cl)cc2)CCCC1. The molecule has 0 N–H and O–H groups in total. The van der Waals surface area contributed by atoms with Gasteiger partial charge in [-0.05, 0) is 44.4 Å². The minimum atomic E-state index is -0.309. The fraction of sp³-hybridized carbons (Fsp3) is 0.562. The summed E-state index contributed by atoms with van der Waals surface area (Å²) in [5, 5.41) is 0.729. The molecule has 0 heterocycles. The van der Waals surface area contributed by atoms with Crippen LogP contribution in [0.2, 0.25) is 5.02 Å². The Morgan fingerprint density at radius 3 is 2.16 bits per heavy atom. The van der Waals surface area contributed by atoms with Crippen molar-refractivity contribution in [2.24, 2.45) is 0 Å². The molecule has 0 atom stereocenters. The number of halogens is 1. The molecule has 1 aliphatic carbocycles. The van der Waals surface area contributed by atoms with Crippen LogP contribution in [0, 0.1) is 0 Å². The third kappa shape index (κ3) is 2.64. The zero-order valence-electron chi connectivity index (χ0n) is 11.8. The number of carbonyl (C=O) groups excluding carboxylic acids is 1. The van der Waals surface area contributed by atoms with Crippen molar-refractivity contribution in [1.29, 1.82) is 0 Å². The van der Waals surface area contributed by atoms with E-state index in [2.05, 4.69) is 0 Å². The largest absolute Gasteiger partial charge is 0.342 e. The van der Waals surface area contributed by atoms with Crippen molar-refractivity contribution in [2.45, 2.75) is 44.9 Å². The van der Waals surface area contributed by atoms with Gasteiger partial charge in [0.1, 0.15) is 0 Å². The Labute approximate surface area is 120 Å². The molecule has 0 unspecified atom stereocenters. The lowest BCUT2D eigenvalue weighted by Crippen LogP contribution is -2.45. The molecule has 1 aromatic rings. The van der Waals surface area contributed by atoms with Crippen molar-refractivity contribution in [3.05, 3.63) is 34.9 Å². The van der Waals surface area contributed by atoms with Crippen LogP contribution in [0.4, 0.5) is 0 Å². The molecule has 1 amide bonds. The third-order valence-corrected chi connectivity index (χ3v) is 4.57. The maximum Gasteiger partial charge on any atom is 0.233 e. The highest BCUT2D eigenvalue weighted by Gasteiger charge is 2.44. The van der Waals surface area contributed by atoms with Crippen molar-refractivity contribution < 1.29 is 4.79 Å². The second-order valence-corrected chi connectivity index (χ2v) is 5.71. The van der Waals surface area contributed by atoms with Crippen molar-refractivity contribution in [1.82, 2.24) is 4.90 Å². The monoisotopic (exact) mass is 279 g/mol. The number of nitrogens with zero attached hydrogens (tertiary/aromatic N) is 1. The fourth-order valence-corrected chi connectivity index (χ4v) is 3.31. The van der Waals surface area contributed by atoms with Crippen LogP contribution in [0.1, 0.15) is 45.1 Å². The van der Waals surface area contributed by atoms with E-state index in [1.54, 1.807) is 0 Å².